The first-order chi connectivity index (χ1) is 14.1. The average molecular weight is 413 g/mol. The molecule has 2 aliphatic heterocycles. The third kappa shape index (κ3) is 3.29. The summed E-state index contributed by atoms with van der Waals surface area (Å²) in [4.78, 5) is 17.8. The third-order valence-corrected chi connectivity index (χ3v) is 6.47. The Labute approximate surface area is 173 Å². The molecule has 0 spiro atoms. The largest absolute Gasteiger partial charge is 0.486 e. The minimum Gasteiger partial charge on any atom is -0.486 e. The van der Waals surface area contributed by atoms with Gasteiger partial charge in [-0.15, -0.1) is 5.10 Å². The van der Waals surface area contributed by atoms with E-state index < -0.39 is 0 Å². The standard InChI is InChI=1S/C21H24N4O3S/c1-3-8-29-21-23-20-22-14-9-12(2)10-15(26)18(14)19(25(20)24-21)13-4-5-16-17(11-13)28-7-6-27-16/h4-5,11-12,19H,3,6-10H2,1-2H3,(H,22,23,24). The summed E-state index contributed by atoms with van der Waals surface area (Å²) in [5.74, 6) is 3.61. The molecule has 1 N–H and O–H groups in total. The van der Waals surface area contributed by atoms with Crippen LogP contribution in [0.5, 0.6) is 11.5 Å². The fraction of sp³-hybridized carbons (Fsp3) is 0.476. The molecule has 152 valence electrons. The number of ether oxygens (including phenoxy) is 2. The van der Waals surface area contributed by atoms with Crippen molar-refractivity contribution >= 4 is 23.5 Å². The Balaban J connectivity index is 1.62. The van der Waals surface area contributed by atoms with Gasteiger partial charge in [-0.3, -0.25) is 4.79 Å². The highest BCUT2D eigenvalue weighted by molar-refractivity contribution is 7.99. The number of carbonyl (C=O) groups excluding carboxylic acids is 1. The van der Waals surface area contributed by atoms with Gasteiger partial charge in [0.25, 0.3) is 0 Å². The number of rotatable bonds is 4. The van der Waals surface area contributed by atoms with E-state index in [1.165, 1.54) is 0 Å². The van der Waals surface area contributed by atoms with Gasteiger partial charge in [0.2, 0.25) is 11.1 Å². The van der Waals surface area contributed by atoms with Crippen LogP contribution in [0.15, 0.2) is 34.6 Å². The van der Waals surface area contributed by atoms with Crippen LogP contribution < -0.4 is 14.8 Å². The molecule has 2 aromatic rings. The Kier molecular flexibility index (Phi) is 4.73. The lowest BCUT2D eigenvalue weighted by molar-refractivity contribution is -0.117. The van der Waals surface area contributed by atoms with E-state index in [0.29, 0.717) is 37.3 Å². The highest BCUT2D eigenvalue weighted by Gasteiger charge is 2.39. The second kappa shape index (κ2) is 7.40. The van der Waals surface area contributed by atoms with Crippen molar-refractivity contribution in [3.05, 3.63) is 35.0 Å². The first kappa shape index (κ1) is 18.5. The molecule has 0 saturated carbocycles. The molecule has 2 atom stereocenters. The fourth-order valence-electron chi connectivity index (χ4n) is 4.18. The summed E-state index contributed by atoms with van der Waals surface area (Å²) in [6.07, 6.45) is 2.45. The lowest BCUT2D eigenvalue weighted by Gasteiger charge is -2.34. The minimum absolute atomic E-state index is 0.176. The molecule has 0 radical (unpaired) electrons. The second-order valence-electron chi connectivity index (χ2n) is 7.77. The van der Waals surface area contributed by atoms with Gasteiger partial charge in [0.1, 0.15) is 19.3 Å². The maximum absolute atomic E-state index is 13.1. The molecule has 0 bridgehead atoms. The molecule has 3 heterocycles. The normalized spacial score (nSPS) is 22.8. The maximum Gasteiger partial charge on any atom is 0.227 e. The zero-order valence-corrected chi connectivity index (χ0v) is 17.4. The Morgan fingerprint density at radius 3 is 2.90 bits per heavy atom. The summed E-state index contributed by atoms with van der Waals surface area (Å²) in [5.41, 5.74) is 2.73. The summed E-state index contributed by atoms with van der Waals surface area (Å²) in [6.45, 7) is 5.33. The highest BCUT2D eigenvalue weighted by Crippen LogP contribution is 2.43. The molecule has 5 rings (SSSR count). The minimum atomic E-state index is -0.305. The van der Waals surface area contributed by atoms with Gasteiger partial charge in [0.15, 0.2) is 17.3 Å². The van der Waals surface area contributed by atoms with E-state index in [4.69, 9.17) is 19.6 Å². The number of hydrogen-bond acceptors (Lipinski definition) is 7. The first-order valence-electron chi connectivity index (χ1n) is 10.2. The SMILES string of the molecule is CCCSc1nc2n(n1)C(c1ccc3c(c1)OCCO3)C1=C(CC(C)CC1=O)N2. The first-order valence-corrected chi connectivity index (χ1v) is 11.1. The smallest absolute Gasteiger partial charge is 0.227 e. The molecular formula is C21H24N4O3S. The maximum atomic E-state index is 13.1. The fourth-order valence-corrected chi connectivity index (χ4v) is 4.86. The number of fused-ring (bicyclic) bond motifs is 2. The van der Waals surface area contributed by atoms with Crippen molar-refractivity contribution in [3.8, 4) is 11.5 Å². The summed E-state index contributed by atoms with van der Waals surface area (Å²) < 4.78 is 13.3. The molecule has 2 unspecified atom stereocenters. The molecule has 7 nitrogen and oxygen atoms in total. The number of ketones is 1. The van der Waals surface area contributed by atoms with Crippen LogP contribution in [0.25, 0.3) is 0 Å². The zero-order chi connectivity index (χ0) is 20.0. The van der Waals surface area contributed by atoms with E-state index in [2.05, 4.69) is 19.2 Å². The van der Waals surface area contributed by atoms with Crippen LogP contribution in [-0.2, 0) is 4.79 Å². The van der Waals surface area contributed by atoms with Crippen LogP contribution in [0.4, 0.5) is 5.95 Å². The second-order valence-corrected chi connectivity index (χ2v) is 8.83. The Hall–Kier alpha value is -2.48. The van der Waals surface area contributed by atoms with Crippen molar-refractivity contribution in [2.24, 2.45) is 5.92 Å². The molecule has 0 saturated heterocycles. The van der Waals surface area contributed by atoms with Crippen LogP contribution in [0.3, 0.4) is 0 Å². The molecule has 29 heavy (non-hydrogen) atoms. The quantitative estimate of drug-likeness (QED) is 0.765. The van der Waals surface area contributed by atoms with Crippen molar-refractivity contribution in [2.75, 3.05) is 24.3 Å². The number of thioether (sulfide) groups is 1. The van der Waals surface area contributed by atoms with Gasteiger partial charge in [-0.25, -0.2) is 4.68 Å². The van der Waals surface area contributed by atoms with Crippen LogP contribution in [0.2, 0.25) is 0 Å². The molecule has 1 aliphatic carbocycles. The van der Waals surface area contributed by atoms with E-state index in [0.717, 1.165) is 46.3 Å². The summed E-state index contributed by atoms with van der Waals surface area (Å²) in [7, 11) is 0. The van der Waals surface area contributed by atoms with Gasteiger partial charge in [0.05, 0.1) is 0 Å². The van der Waals surface area contributed by atoms with Crippen LogP contribution in [-0.4, -0.2) is 39.5 Å². The number of benzene rings is 1. The summed E-state index contributed by atoms with van der Waals surface area (Å²) >= 11 is 1.64. The predicted octanol–water partition coefficient (Wildman–Crippen LogP) is 3.82. The molecule has 0 amide bonds. The van der Waals surface area contributed by atoms with Crippen LogP contribution in [0.1, 0.15) is 44.7 Å². The summed E-state index contributed by atoms with van der Waals surface area (Å²) in [5, 5.41) is 8.88. The van der Waals surface area contributed by atoms with Crippen molar-refractivity contribution in [1.82, 2.24) is 14.8 Å². The number of nitrogens with one attached hydrogen (secondary N) is 1. The van der Waals surface area contributed by atoms with Crippen molar-refractivity contribution < 1.29 is 14.3 Å². The Bertz CT molecular complexity index is 1000. The number of hydrogen-bond donors (Lipinski definition) is 1. The van der Waals surface area contributed by atoms with E-state index >= 15 is 0 Å². The van der Waals surface area contributed by atoms with E-state index in [1.54, 1.807) is 11.8 Å². The van der Waals surface area contributed by atoms with Gasteiger partial charge in [0, 0.05) is 23.4 Å². The monoisotopic (exact) mass is 412 g/mol. The number of Topliss-reactive ketones (excluding diaryl/α,β-unsaturated/α-hetero) is 1. The highest BCUT2D eigenvalue weighted by atomic mass is 32.2. The van der Waals surface area contributed by atoms with Gasteiger partial charge < -0.3 is 14.8 Å². The van der Waals surface area contributed by atoms with Crippen molar-refractivity contribution in [2.45, 2.75) is 44.3 Å². The Morgan fingerprint density at radius 1 is 1.24 bits per heavy atom. The molecule has 8 heteroatoms. The van der Waals surface area contributed by atoms with E-state index in [-0.39, 0.29) is 11.8 Å². The van der Waals surface area contributed by atoms with Gasteiger partial charge in [-0.05, 0) is 36.5 Å². The lowest BCUT2D eigenvalue weighted by atomic mass is 9.81. The van der Waals surface area contributed by atoms with E-state index in [1.807, 2.05) is 22.9 Å². The van der Waals surface area contributed by atoms with E-state index in [9.17, 15) is 4.79 Å². The number of aromatic nitrogens is 3. The van der Waals surface area contributed by atoms with Crippen molar-refractivity contribution in [1.29, 1.82) is 0 Å². The average Bonchev–Trinajstić information content (AvgIpc) is 3.12. The van der Waals surface area contributed by atoms with Gasteiger partial charge in [-0.2, -0.15) is 4.98 Å². The predicted molar refractivity (Wildman–Crippen MR) is 111 cm³/mol. The lowest BCUT2D eigenvalue weighted by Crippen LogP contribution is -2.33. The number of allylic oxidation sites excluding steroid dienone is 2. The molecule has 0 fully saturated rings. The number of carbonyl (C=O) groups is 1. The van der Waals surface area contributed by atoms with Crippen LogP contribution >= 0.6 is 11.8 Å². The molecule has 3 aliphatic rings. The van der Waals surface area contributed by atoms with Crippen molar-refractivity contribution in [3.63, 3.8) is 0 Å². The topological polar surface area (TPSA) is 78.3 Å². The Morgan fingerprint density at radius 2 is 2.07 bits per heavy atom. The van der Waals surface area contributed by atoms with Crippen LogP contribution in [0, 0.1) is 5.92 Å². The number of nitrogens with zero attached hydrogens (tertiary/aromatic N) is 3. The summed E-state index contributed by atoms with van der Waals surface area (Å²) in [6, 6.07) is 5.60. The third-order valence-electron chi connectivity index (χ3n) is 5.42. The molecular weight excluding hydrogens is 388 g/mol. The van der Waals surface area contributed by atoms with Gasteiger partial charge >= 0.3 is 0 Å². The zero-order valence-electron chi connectivity index (χ0n) is 16.6. The van der Waals surface area contributed by atoms with Gasteiger partial charge in [-0.1, -0.05) is 31.7 Å². The molecule has 1 aromatic heterocycles. The number of anilines is 1. The molecule has 1 aromatic carbocycles.